The van der Waals surface area contributed by atoms with E-state index in [9.17, 15) is 4.79 Å². The summed E-state index contributed by atoms with van der Waals surface area (Å²) in [4.78, 5) is 11.4. The van der Waals surface area contributed by atoms with Gasteiger partial charge in [-0.3, -0.25) is 4.90 Å². The molecule has 0 aromatic carbocycles. The van der Waals surface area contributed by atoms with Crippen molar-refractivity contribution in [3.8, 4) is 0 Å². The predicted octanol–water partition coefficient (Wildman–Crippen LogP) is -0.659. The number of carboxylic acids is 1. The number of carboxylic acid groups (broad SMARTS) is 1. The molecule has 0 aromatic heterocycles. The Morgan fingerprint density at radius 3 is 1.89 bits per heavy atom. The molecule has 4 heteroatoms. The van der Waals surface area contributed by atoms with Crippen molar-refractivity contribution in [3.05, 3.63) is 0 Å². The summed E-state index contributed by atoms with van der Waals surface area (Å²) in [6.07, 6.45) is 0. The second kappa shape index (κ2) is 2.33. The third-order valence-corrected chi connectivity index (χ3v) is 1.28. The van der Waals surface area contributed by atoms with Gasteiger partial charge in [0.1, 0.15) is 0 Å². The molecule has 0 aromatic rings. The van der Waals surface area contributed by atoms with Crippen molar-refractivity contribution in [2.75, 3.05) is 14.1 Å². The highest BCUT2D eigenvalue weighted by Gasteiger charge is 2.31. The average Bonchev–Trinajstić information content (AvgIpc) is 1.65. The molecule has 0 saturated heterocycles. The van der Waals surface area contributed by atoms with Gasteiger partial charge in [0.25, 0.3) is 0 Å². The SMILES string of the molecule is CN(C)[C@@](C)(O)C(=O)O. The molecule has 0 saturated carbocycles. The van der Waals surface area contributed by atoms with Gasteiger partial charge in [0.15, 0.2) is 0 Å². The van der Waals surface area contributed by atoms with Crippen LogP contribution in [-0.2, 0) is 4.79 Å². The molecule has 0 aliphatic carbocycles. The summed E-state index contributed by atoms with van der Waals surface area (Å²) in [5.41, 5.74) is -1.75. The molecule has 0 aliphatic rings. The Morgan fingerprint density at radius 1 is 1.56 bits per heavy atom. The van der Waals surface area contributed by atoms with Crippen LogP contribution in [0.3, 0.4) is 0 Å². The Bertz CT molecular complexity index is 119. The third-order valence-electron chi connectivity index (χ3n) is 1.28. The molecule has 2 N–H and O–H groups in total. The number of likely N-dealkylation sites (N-methyl/N-ethyl adjacent to an activating group) is 1. The van der Waals surface area contributed by atoms with E-state index in [-0.39, 0.29) is 0 Å². The van der Waals surface area contributed by atoms with Crippen LogP contribution in [-0.4, -0.2) is 40.9 Å². The smallest absolute Gasteiger partial charge is 0.351 e. The summed E-state index contributed by atoms with van der Waals surface area (Å²) in [7, 11) is 2.99. The lowest BCUT2D eigenvalue weighted by Crippen LogP contribution is -2.48. The minimum Gasteiger partial charge on any atom is -0.478 e. The van der Waals surface area contributed by atoms with Crippen LogP contribution in [0.4, 0.5) is 0 Å². The lowest BCUT2D eigenvalue weighted by Gasteiger charge is -2.25. The minimum atomic E-state index is -1.75. The monoisotopic (exact) mass is 133 g/mol. The predicted molar refractivity (Wildman–Crippen MR) is 31.9 cm³/mol. The molecule has 0 aliphatic heterocycles. The van der Waals surface area contributed by atoms with Gasteiger partial charge in [-0.05, 0) is 21.0 Å². The molecule has 0 fully saturated rings. The maximum absolute atomic E-state index is 10.2. The van der Waals surface area contributed by atoms with Gasteiger partial charge in [0.2, 0.25) is 5.72 Å². The first kappa shape index (κ1) is 8.39. The van der Waals surface area contributed by atoms with Crippen LogP contribution in [0.15, 0.2) is 0 Å². The Hall–Kier alpha value is -0.610. The molecule has 1 atom stereocenters. The van der Waals surface area contributed by atoms with Gasteiger partial charge >= 0.3 is 5.97 Å². The molecule has 4 nitrogen and oxygen atoms in total. The summed E-state index contributed by atoms with van der Waals surface area (Å²) in [5.74, 6) is -1.24. The third kappa shape index (κ3) is 1.65. The maximum atomic E-state index is 10.2. The van der Waals surface area contributed by atoms with Crippen molar-refractivity contribution in [2.45, 2.75) is 12.6 Å². The van der Waals surface area contributed by atoms with Crippen molar-refractivity contribution < 1.29 is 15.0 Å². The van der Waals surface area contributed by atoms with E-state index in [1.165, 1.54) is 25.9 Å². The molecular weight excluding hydrogens is 122 g/mol. The molecule has 0 bridgehead atoms. The van der Waals surface area contributed by atoms with E-state index in [1.807, 2.05) is 0 Å². The van der Waals surface area contributed by atoms with Crippen LogP contribution in [0.1, 0.15) is 6.92 Å². The number of hydrogen-bond acceptors (Lipinski definition) is 3. The highest BCUT2D eigenvalue weighted by Crippen LogP contribution is 2.04. The summed E-state index contributed by atoms with van der Waals surface area (Å²) < 4.78 is 0. The van der Waals surface area contributed by atoms with Crippen LogP contribution in [0.5, 0.6) is 0 Å². The van der Waals surface area contributed by atoms with E-state index in [0.29, 0.717) is 0 Å². The summed E-state index contributed by atoms with van der Waals surface area (Å²) in [6, 6.07) is 0. The number of aliphatic carboxylic acids is 1. The van der Waals surface area contributed by atoms with E-state index < -0.39 is 11.7 Å². The zero-order valence-corrected chi connectivity index (χ0v) is 5.75. The standard InChI is InChI=1S/C5H11NO3/c1-5(9,4(7)8)6(2)3/h9H,1-3H3,(H,7,8)/t5-/m0/s1. The lowest BCUT2D eigenvalue weighted by atomic mass is 10.2. The molecule has 0 heterocycles. The Kier molecular flexibility index (Phi) is 2.17. The first-order chi connectivity index (χ1) is 3.89. The van der Waals surface area contributed by atoms with Crippen molar-refractivity contribution in [3.63, 3.8) is 0 Å². The van der Waals surface area contributed by atoms with Gasteiger partial charge in [-0.1, -0.05) is 0 Å². The normalized spacial score (nSPS) is 17.4. The lowest BCUT2D eigenvalue weighted by molar-refractivity contribution is -0.173. The molecular formula is C5H11NO3. The summed E-state index contributed by atoms with van der Waals surface area (Å²) >= 11 is 0. The van der Waals surface area contributed by atoms with Crippen molar-refractivity contribution in [2.24, 2.45) is 0 Å². The van der Waals surface area contributed by atoms with E-state index in [4.69, 9.17) is 10.2 Å². The highest BCUT2D eigenvalue weighted by atomic mass is 16.4. The van der Waals surface area contributed by atoms with Crippen LogP contribution in [0.2, 0.25) is 0 Å². The Labute approximate surface area is 53.7 Å². The number of aliphatic hydroxyl groups is 1. The quantitative estimate of drug-likeness (QED) is 0.491. The topological polar surface area (TPSA) is 60.8 Å². The Balaban J connectivity index is 4.19. The number of nitrogens with zero attached hydrogens (tertiary/aromatic N) is 1. The minimum absolute atomic E-state index is 1.22. The van der Waals surface area contributed by atoms with E-state index >= 15 is 0 Å². The summed E-state index contributed by atoms with van der Waals surface area (Å²) in [5, 5.41) is 17.3. The van der Waals surface area contributed by atoms with E-state index in [2.05, 4.69) is 0 Å². The first-order valence-corrected chi connectivity index (χ1v) is 2.52. The van der Waals surface area contributed by atoms with Crippen molar-refractivity contribution in [1.29, 1.82) is 0 Å². The number of rotatable bonds is 2. The van der Waals surface area contributed by atoms with Crippen LogP contribution >= 0.6 is 0 Å². The van der Waals surface area contributed by atoms with Crippen LogP contribution < -0.4 is 0 Å². The van der Waals surface area contributed by atoms with Crippen molar-refractivity contribution >= 4 is 5.97 Å². The van der Waals surface area contributed by atoms with Gasteiger partial charge in [0, 0.05) is 0 Å². The van der Waals surface area contributed by atoms with Crippen LogP contribution in [0.25, 0.3) is 0 Å². The Morgan fingerprint density at radius 2 is 1.89 bits per heavy atom. The van der Waals surface area contributed by atoms with Gasteiger partial charge < -0.3 is 10.2 Å². The zero-order chi connectivity index (χ0) is 7.65. The molecule has 0 spiro atoms. The zero-order valence-electron chi connectivity index (χ0n) is 5.75. The second-order valence-corrected chi connectivity index (χ2v) is 2.22. The summed E-state index contributed by atoms with van der Waals surface area (Å²) in [6.45, 7) is 1.22. The van der Waals surface area contributed by atoms with Crippen molar-refractivity contribution in [1.82, 2.24) is 4.90 Å². The molecule has 0 unspecified atom stereocenters. The molecule has 0 amide bonds. The van der Waals surface area contributed by atoms with E-state index in [1.54, 1.807) is 0 Å². The van der Waals surface area contributed by atoms with Gasteiger partial charge in [-0.25, -0.2) is 4.79 Å². The number of carbonyl (C=O) groups is 1. The average molecular weight is 133 g/mol. The molecule has 0 rings (SSSR count). The fraction of sp³-hybridized carbons (Fsp3) is 0.800. The molecule has 54 valence electrons. The molecule has 9 heavy (non-hydrogen) atoms. The number of hydrogen-bond donors (Lipinski definition) is 2. The largest absolute Gasteiger partial charge is 0.478 e. The second-order valence-electron chi connectivity index (χ2n) is 2.22. The highest BCUT2D eigenvalue weighted by molar-refractivity contribution is 5.75. The van der Waals surface area contributed by atoms with E-state index in [0.717, 1.165) is 0 Å². The fourth-order valence-corrected chi connectivity index (χ4v) is 0.191. The fourth-order valence-electron chi connectivity index (χ4n) is 0.191. The van der Waals surface area contributed by atoms with Gasteiger partial charge in [-0.15, -0.1) is 0 Å². The first-order valence-electron chi connectivity index (χ1n) is 2.52. The van der Waals surface area contributed by atoms with Gasteiger partial charge in [-0.2, -0.15) is 0 Å². The van der Waals surface area contributed by atoms with Gasteiger partial charge in [0.05, 0.1) is 0 Å². The van der Waals surface area contributed by atoms with Crippen LogP contribution in [0, 0.1) is 0 Å². The molecule has 0 radical (unpaired) electrons. The maximum Gasteiger partial charge on any atom is 0.351 e.